The van der Waals surface area contributed by atoms with Gasteiger partial charge in [0, 0.05) is 24.6 Å². The molecule has 0 spiro atoms. The van der Waals surface area contributed by atoms with E-state index in [0.29, 0.717) is 23.1 Å². The van der Waals surface area contributed by atoms with E-state index < -0.39 is 0 Å². The molecule has 18 heavy (non-hydrogen) atoms. The average Bonchev–Trinajstić information content (AvgIpc) is 2.93. The molecule has 3 rings (SSSR count). The van der Waals surface area contributed by atoms with Gasteiger partial charge in [0.2, 0.25) is 0 Å². The van der Waals surface area contributed by atoms with Gasteiger partial charge in [-0.1, -0.05) is 0 Å². The van der Waals surface area contributed by atoms with Crippen LogP contribution in [0.3, 0.4) is 0 Å². The molecule has 0 aliphatic carbocycles. The van der Waals surface area contributed by atoms with E-state index in [4.69, 9.17) is 4.42 Å². The molecule has 3 nitrogen and oxygen atoms in total. The van der Waals surface area contributed by atoms with E-state index >= 15 is 0 Å². The second-order valence-electron chi connectivity index (χ2n) is 5.24. The number of oxazole rings is 1. The minimum Gasteiger partial charge on any atom is -0.440 e. The number of rotatable bonds is 2. The maximum atomic E-state index is 13.1. The lowest BCUT2D eigenvalue weighted by molar-refractivity contribution is 0.269. The van der Waals surface area contributed by atoms with Gasteiger partial charge in [-0.15, -0.1) is 0 Å². The third-order valence-electron chi connectivity index (χ3n) is 3.67. The summed E-state index contributed by atoms with van der Waals surface area (Å²) in [4.78, 5) is 6.83. The molecule has 1 saturated heterocycles. The SMILES string of the molecule is CC(C)N1CC[C@H](c2nc3cc(F)ccc3o2)C1. The van der Waals surface area contributed by atoms with E-state index in [0.717, 1.165) is 25.4 Å². The lowest BCUT2D eigenvalue weighted by Gasteiger charge is -2.19. The Morgan fingerprint density at radius 1 is 1.44 bits per heavy atom. The van der Waals surface area contributed by atoms with Crippen molar-refractivity contribution in [2.24, 2.45) is 0 Å². The van der Waals surface area contributed by atoms with Crippen molar-refractivity contribution in [2.75, 3.05) is 13.1 Å². The quantitative estimate of drug-likeness (QED) is 0.817. The number of hydrogen-bond donors (Lipinski definition) is 0. The van der Waals surface area contributed by atoms with Gasteiger partial charge < -0.3 is 9.32 Å². The van der Waals surface area contributed by atoms with Crippen molar-refractivity contribution in [1.29, 1.82) is 0 Å². The van der Waals surface area contributed by atoms with Crippen LogP contribution in [0.2, 0.25) is 0 Å². The van der Waals surface area contributed by atoms with Crippen molar-refractivity contribution in [1.82, 2.24) is 9.88 Å². The van der Waals surface area contributed by atoms with Crippen LogP contribution in [0.4, 0.5) is 4.39 Å². The third-order valence-corrected chi connectivity index (χ3v) is 3.67. The van der Waals surface area contributed by atoms with E-state index in [1.165, 1.54) is 12.1 Å². The van der Waals surface area contributed by atoms with Gasteiger partial charge in [-0.25, -0.2) is 9.37 Å². The second kappa shape index (κ2) is 4.35. The zero-order valence-electron chi connectivity index (χ0n) is 10.7. The number of fused-ring (bicyclic) bond motifs is 1. The molecule has 96 valence electrons. The fourth-order valence-electron chi connectivity index (χ4n) is 2.55. The van der Waals surface area contributed by atoms with Crippen LogP contribution in [0.5, 0.6) is 0 Å². The van der Waals surface area contributed by atoms with Crippen LogP contribution in [0.25, 0.3) is 11.1 Å². The molecule has 0 bridgehead atoms. The summed E-state index contributed by atoms with van der Waals surface area (Å²) in [5.41, 5.74) is 1.29. The minimum atomic E-state index is -0.266. The Labute approximate surface area is 106 Å². The smallest absolute Gasteiger partial charge is 0.199 e. The molecular formula is C14H17FN2O. The summed E-state index contributed by atoms with van der Waals surface area (Å²) in [6, 6.07) is 5.04. The van der Waals surface area contributed by atoms with Gasteiger partial charge in [0.05, 0.1) is 0 Å². The average molecular weight is 248 g/mol. The standard InChI is InChI=1S/C14H17FN2O/c1-9(2)17-6-5-10(8-17)14-16-12-7-11(15)3-4-13(12)18-14/h3-4,7,9-10H,5-6,8H2,1-2H3/t10-/m0/s1. The van der Waals surface area contributed by atoms with Crippen molar-refractivity contribution in [3.63, 3.8) is 0 Å². The highest BCUT2D eigenvalue weighted by atomic mass is 19.1. The molecule has 4 heteroatoms. The van der Waals surface area contributed by atoms with Gasteiger partial charge in [-0.05, 0) is 38.9 Å². The number of likely N-dealkylation sites (tertiary alicyclic amines) is 1. The fraction of sp³-hybridized carbons (Fsp3) is 0.500. The molecule has 1 fully saturated rings. The molecule has 1 aromatic heterocycles. The number of nitrogens with zero attached hydrogens (tertiary/aromatic N) is 2. The lowest BCUT2D eigenvalue weighted by atomic mass is 10.1. The molecule has 1 aliphatic rings. The largest absolute Gasteiger partial charge is 0.440 e. The predicted molar refractivity (Wildman–Crippen MR) is 68.0 cm³/mol. The van der Waals surface area contributed by atoms with Crippen molar-refractivity contribution >= 4 is 11.1 Å². The van der Waals surface area contributed by atoms with E-state index in [1.807, 2.05) is 0 Å². The van der Waals surface area contributed by atoms with Crippen molar-refractivity contribution in [2.45, 2.75) is 32.2 Å². The molecule has 2 heterocycles. The van der Waals surface area contributed by atoms with Crippen LogP contribution in [-0.4, -0.2) is 29.0 Å². The Morgan fingerprint density at radius 2 is 2.28 bits per heavy atom. The van der Waals surface area contributed by atoms with Crippen molar-refractivity contribution < 1.29 is 8.81 Å². The summed E-state index contributed by atoms with van der Waals surface area (Å²) >= 11 is 0. The Morgan fingerprint density at radius 3 is 3.00 bits per heavy atom. The Balaban J connectivity index is 1.87. The predicted octanol–water partition coefficient (Wildman–Crippen LogP) is 3.16. The summed E-state index contributed by atoms with van der Waals surface area (Å²) in [5.74, 6) is 0.819. The van der Waals surface area contributed by atoms with Crippen LogP contribution in [0.1, 0.15) is 32.1 Å². The minimum absolute atomic E-state index is 0.266. The van der Waals surface area contributed by atoms with Crippen LogP contribution in [-0.2, 0) is 0 Å². The van der Waals surface area contributed by atoms with Gasteiger partial charge in [0.25, 0.3) is 0 Å². The third kappa shape index (κ3) is 2.01. The summed E-state index contributed by atoms with van der Waals surface area (Å²) in [6.07, 6.45) is 1.06. The van der Waals surface area contributed by atoms with E-state index in [2.05, 4.69) is 23.7 Å². The molecule has 0 saturated carbocycles. The van der Waals surface area contributed by atoms with Crippen molar-refractivity contribution in [3.05, 3.63) is 29.9 Å². The maximum Gasteiger partial charge on any atom is 0.199 e. The first-order valence-corrected chi connectivity index (χ1v) is 6.43. The van der Waals surface area contributed by atoms with Gasteiger partial charge >= 0.3 is 0 Å². The molecule has 2 aromatic rings. The first-order chi connectivity index (χ1) is 8.63. The van der Waals surface area contributed by atoms with E-state index in [-0.39, 0.29) is 5.82 Å². The molecule has 0 unspecified atom stereocenters. The highest BCUT2D eigenvalue weighted by Gasteiger charge is 2.28. The van der Waals surface area contributed by atoms with E-state index in [1.54, 1.807) is 6.07 Å². The number of aromatic nitrogens is 1. The summed E-state index contributed by atoms with van der Waals surface area (Å²) < 4.78 is 18.8. The molecule has 0 N–H and O–H groups in total. The molecule has 0 amide bonds. The van der Waals surface area contributed by atoms with Crippen LogP contribution < -0.4 is 0 Å². The highest BCUT2D eigenvalue weighted by molar-refractivity contribution is 5.72. The van der Waals surface area contributed by atoms with Gasteiger partial charge in [-0.2, -0.15) is 0 Å². The van der Waals surface area contributed by atoms with Gasteiger partial charge in [-0.3, -0.25) is 0 Å². The van der Waals surface area contributed by atoms with Crippen LogP contribution >= 0.6 is 0 Å². The monoisotopic (exact) mass is 248 g/mol. The second-order valence-corrected chi connectivity index (χ2v) is 5.24. The Bertz CT molecular complexity index is 564. The first kappa shape index (κ1) is 11.7. The lowest BCUT2D eigenvalue weighted by Crippen LogP contribution is -2.27. The summed E-state index contributed by atoms with van der Waals surface area (Å²) in [6.45, 7) is 6.45. The summed E-state index contributed by atoms with van der Waals surface area (Å²) in [7, 11) is 0. The van der Waals surface area contributed by atoms with Crippen LogP contribution in [0.15, 0.2) is 22.6 Å². The van der Waals surface area contributed by atoms with E-state index in [9.17, 15) is 4.39 Å². The Hall–Kier alpha value is -1.42. The van der Waals surface area contributed by atoms with Crippen molar-refractivity contribution in [3.8, 4) is 0 Å². The molecule has 0 radical (unpaired) electrons. The topological polar surface area (TPSA) is 29.3 Å². The molecule has 1 aliphatic heterocycles. The number of halogens is 1. The first-order valence-electron chi connectivity index (χ1n) is 6.43. The molecule has 1 atom stereocenters. The maximum absolute atomic E-state index is 13.1. The summed E-state index contributed by atoms with van der Waals surface area (Å²) in [5, 5.41) is 0. The number of benzene rings is 1. The van der Waals surface area contributed by atoms with Gasteiger partial charge in [0.15, 0.2) is 11.5 Å². The zero-order chi connectivity index (χ0) is 12.7. The van der Waals surface area contributed by atoms with Crippen LogP contribution in [0, 0.1) is 5.82 Å². The normalized spacial score (nSPS) is 21.2. The Kier molecular flexibility index (Phi) is 2.82. The van der Waals surface area contributed by atoms with Gasteiger partial charge in [0.1, 0.15) is 11.3 Å². The number of hydrogen-bond acceptors (Lipinski definition) is 3. The molecular weight excluding hydrogens is 231 g/mol. The zero-order valence-corrected chi connectivity index (χ0v) is 10.7. The highest BCUT2D eigenvalue weighted by Crippen LogP contribution is 2.30. The molecule has 1 aromatic carbocycles. The fourth-order valence-corrected chi connectivity index (χ4v) is 2.55.